The molecule has 1 saturated heterocycles. The molecule has 1 aliphatic rings. The van der Waals surface area contributed by atoms with E-state index in [4.69, 9.17) is 0 Å². The van der Waals surface area contributed by atoms with Crippen molar-refractivity contribution in [1.29, 1.82) is 0 Å². The second-order valence-electron chi connectivity index (χ2n) is 4.42. The molecule has 1 fully saturated rings. The van der Waals surface area contributed by atoms with Crippen LogP contribution in [-0.2, 0) is 14.8 Å². The predicted octanol–water partition coefficient (Wildman–Crippen LogP) is 0.231. The minimum absolute atomic E-state index is 0.00101. The summed E-state index contributed by atoms with van der Waals surface area (Å²) in [5.74, 6) is 0.0481. The van der Waals surface area contributed by atoms with Crippen LogP contribution in [0, 0.1) is 5.92 Å². The highest BCUT2D eigenvalue weighted by molar-refractivity contribution is 7.90. The van der Waals surface area contributed by atoms with E-state index >= 15 is 0 Å². The number of piperidine rings is 1. The third kappa shape index (κ3) is 4.09. The summed E-state index contributed by atoms with van der Waals surface area (Å²) in [4.78, 5) is 11.7. The van der Waals surface area contributed by atoms with Crippen LogP contribution in [0.5, 0.6) is 0 Å². The molecule has 0 aliphatic carbocycles. The Morgan fingerprint density at radius 1 is 1.50 bits per heavy atom. The summed E-state index contributed by atoms with van der Waals surface area (Å²) in [6.07, 6.45) is 2.25. The quantitative estimate of drug-likeness (QED) is 0.747. The zero-order valence-corrected chi connectivity index (χ0v) is 10.6. The van der Waals surface area contributed by atoms with Crippen LogP contribution in [-0.4, -0.2) is 32.7 Å². The molecule has 2 unspecified atom stereocenters. The minimum atomic E-state index is -3.44. The molecule has 0 spiro atoms. The molecule has 6 heteroatoms. The third-order valence-electron chi connectivity index (χ3n) is 2.71. The molecule has 0 bridgehead atoms. The van der Waals surface area contributed by atoms with Crippen LogP contribution in [0.4, 0.5) is 0 Å². The Labute approximate surface area is 97.0 Å². The van der Waals surface area contributed by atoms with Crippen LogP contribution in [0.15, 0.2) is 0 Å². The summed E-state index contributed by atoms with van der Waals surface area (Å²) in [5, 5.41) is 3.04. The molecule has 0 aromatic carbocycles. The second kappa shape index (κ2) is 5.63. The molecule has 2 atom stereocenters. The van der Waals surface area contributed by atoms with Gasteiger partial charge in [0.15, 0.2) is 0 Å². The zero-order valence-electron chi connectivity index (χ0n) is 9.82. The topological polar surface area (TPSA) is 75.3 Å². The van der Waals surface area contributed by atoms with Gasteiger partial charge in [-0.3, -0.25) is 9.52 Å². The summed E-state index contributed by atoms with van der Waals surface area (Å²) in [6.45, 7) is 4.61. The third-order valence-corrected chi connectivity index (χ3v) is 4.17. The lowest BCUT2D eigenvalue weighted by molar-refractivity contribution is -0.122. The average molecular weight is 248 g/mol. The van der Waals surface area contributed by atoms with E-state index < -0.39 is 15.9 Å². The maximum atomic E-state index is 11.7. The predicted molar refractivity (Wildman–Crippen MR) is 62.4 cm³/mol. The maximum absolute atomic E-state index is 11.7. The van der Waals surface area contributed by atoms with E-state index in [1.807, 2.05) is 0 Å². The SMILES string of the molecule is CCCS(=O)(=O)NC(=O)C1CC(C)CCN1. The van der Waals surface area contributed by atoms with Gasteiger partial charge in [0.25, 0.3) is 5.91 Å². The zero-order chi connectivity index (χ0) is 12.2. The van der Waals surface area contributed by atoms with Gasteiger partial charge in [-0.1, -0.05) is 13.8 Å². The molecule has 2 N–H and O–H groups in total. The normalized spacial score (nSPS) is 26.4. The first-order valence-electron chi connectivity index (χ1n) is 5.72. The number of carbonyl (C=O) groups is 1. The molecule has 5 nitrogen and oxygen atoms in total. The van der Waals surface area contributed by atoms with Crippen LogP contribution in [0.2, 0.25) is 0 Å². The number of sulfonamides is 1. The summed E-state index contributed by atoms with van der Waals surface area (Å²) >= 11 is 0. The van der Waals surface area contributed by atoms with Crippen molar-refractivity contribution >= 4 is 15.9 Å². The Balaban J connectivity index is 2.51. The average Bonchev–Trinajstić information content (AvgIpc) is 2.16. The molecule has 16 heavy (non-hydrogen) atoms. The van der Waals surface area contributed by atoms with E-state index in [0.717, 1.165) is 13.0 Å². The Bertz CT molecular complexity index is 340. The molecule has 1 rings (SSSR count). The highest BCUT2D eigenvalue weighted by Crippen LogP contribution is 2.15. The van der Waals surface area contributed by atoms with Gasteiger partial charge >= 0.3 is 0 Å². The molecule has 94 valence electrons. The van der Waals surface area contributed by atoms with Crippen molar-refractivity contribution in [1.82, 2.24) is 10.0 Å². The lowest BCUT2D eigenvalue weighted by atomic mass is 9.94. The lowest BCUT2D eigenvalue weighted by Crippen LogP contribution is -2.50. The van der Waals surface area contributed by atoms with E-state index in [0.29, 0.717) is 18.8 Å². The van der Waals surface area contributed by atoms with Gasteiger partial charge in [0.2, 0.25) is 10.0 Å². The van der Waals surface area contributed by atoms with E-state index in [-0.39, 0.29) is 11.8 Å². The first kappa shape index (κ1) is 13.4. The van der Waals surface area contributed by atoms with Gasteiger partial charge in [-0.25, -0.2) is 8.42 Å². The number of hydrogen-bond donors (Lipinski definition) is 2. The Morgan fingerprint density at radius 3 is 2.75 bits per heavy atom. The van der Waals surface area contributed by atoms with E-state index in [1.165, 1.54) is 0 Å². The lowest BCUT2D eigenvalue weighted by Gasteiger charge is -2.26. The number of nitrogens with one attached hydrogen (secondary N) is 2. The largest absolute Gasteiger partial charge is 0.306 e. The highest BCUT2D eigenvalue weighted by atomic mass is 32.2. The van der Waals surface area contributed by atoms with Gasteiger partial charge in [0.1, 0.15) is 0 Å². The Kier molecular flexibility index (Phi) is 4.73. The highest BCUT2D eigenvalue weighted by Gasteiger charge is 2.26. The van der Waals surface area contributed by atoms with Gasteiger partial charge in [0, 0.05) is 0 Å². The number of carbonyl (C=O) groups excluding carboxylic acids is 1. The molecule has 1 amide bonds. The number of hydrogen-bond acceptors (Lipinski definition) is 4. The molecule has 0 aromatic rings. The first-order valence-corrected chi connectivity index (χ1v) is 7.37. The Hall–Kier alpha value is -0.620. The van der Waals surface area contributed by atoms with Crippen molar-refractivity contribution in [3.63, 3.8) is 0 Å². The van der Waals surface area contributed by atoms with Crippen molar-refractivity contribution in [3.05, 3.63) is 0 Å². The summed E-state index contributed by atoms with van der Waals surface area (Å²) in [6, 6.07) is -0.365. The summed E-state index contributed by atoms with van der Waals surface area (Å²) in [5.41, 5.74) is 0. The van der Waals surface area contributed by atoms with Gasteiger partial charge in [-0.2, -0.15) is 0 Å². The smallest absolute Gasteiger partial charge is 0.250 e. The molecule has 1 heterocycles. The fraction of sp³-hybridized carbons (Fsp3) is 0.900. The Morgan fingerprint density at radius 2 is 2.19 bits per heavy atom. The first-order chi connectivity index (χ1) is 7.44. The number of rotatable bonds is 4. The molecular formula is C10H20N2O3S. The molecular weight excluding hydrogens is 228 g/mol. The van der Waals surface area contributed by atoms with E-state index in [1.54, 1.807) is 6.92 Å². The van der Waals surface area contributed by atoms with Crippen molar-refractivity contribution < 1.29 is 13.2 Å². The standard InChI is InChI=1S/C10H20N2O3S/c1-3-6-16(14,15)12-10(13)9-7-8(2)4-5-11-9/h8-9,11H,3-7H2,1-2H3,(H,12,13). The fourth-order valence-electron chi connectivity index (χ4n) is 1.85. The summed E-state index contributed by atoms with van der Waals surface area (Å²) in [7, 11) is -3.44. The fourth-order valence-corrected chi connectivity index (χ4v) is 2.94. The van der Waals surface area contributed by atoms with E-state index in [9.17, 15) is 13.2 Å². The van der Waals surface area contributed by atoms with Crippen molar-refractivity contribution in [2.45, 2.75) is 39.2 Å². The molecule has 0 radical (unpaired) electrons. The van der Waals surface area contributed by atoms with Crippen LogP contribution in [0.25, 0.3) is 0 Å². The van der Waals surface area contributed by atoms with Gasteiger partial charge < -0.3 is 5.32 Å². The molecule has 0 aromatic heterocycles. The molecule has 0 saturated carbocycles. The van der Waals surface area contributed by atoms with Crippen LogP contribution >= 0.6 is 0 Å². The van der Waals surface area contributed by atoms with Crippen molar-refractivity contribution in [3.8, 4) is 0 Å². The number of amides is 1. The summed E-state index contributed by atoms with van der Waals surface area (Å²) < 4.78 is 24.9. The van der Waals surface area contributed by atoms with Gasteiger partial charge in [-0.05, 0) is 31.7 Å². The van der Waals surface area contributed by atoms with E-state index in [2.05, 4.69) is 17.0 Å². The van der Waals surface area contributed by atoms with Crippen molar-refractivity contribution in [2.24, 2.45) is 5.92 Å². The maximum Gasteiger partial charge on any atom is 0.250 e. The minimum Gasteiger partial charge on any atom is -0.306 e. The van der Waals surface area contributed by atoms with Crippen LogP contribution in [0.1, 0.15) is 33.1 Å². The monoisotopic (exact) mass is 248 g/mol. The van der Waals surface area contributed by atoms with Gasteiger partial charge in [-0.15, -0.1) is 0 Å². The van der Waals surface area contributed by atoms with Crippen LogP contribution in [0.3, 0.4) is 0 Å². The second-order valence-corrected chi connectivity index (χ2v) is 6.26. The van der Waals surface area contributed by atoms with Crippen molar-refractivity contribution in [2.75, 3.05) is 12.3 Å². The van der Waals surface area contributed by atoms with Crippen LogP contribution < -0.4 is 10.0 Å². The van der Waals surface area contributed by atoms with Gasteiger partial charge in [0.05, 0.1) is 11.8 Å². The molecule has 1 aliphatic heterocycles.